The van der Waals surface area contributed by atoms with Crippen molar-refractivity contribution >= 4 is 80.7 Å². The maximum atomic E-state index is 12.7. The largest absolute Gasteiger partial charge is 0.481 e. The number of aliphatic hydroxyl groups excluding tert-OH is 2. The zero-order valence-corrected chi connectivity index (χ0v) is 38.9. The molecule has 1 aromatic carbocycles. The summed E-state index contributed by atoms with van der Waals surface area (Å²) in [6, 6.07) is 8.02. The van der Waals surface area contributed by atoms with Gasteiger partial charge < -0.3 is 55.9 Å². The Bertz CT molecular complexity index is 2430. The Balaban J connectivity index is 0.981. The first kappa shape index (κ1) is 52.3. The fourth-order valence-corrected chi connectivity index (χ4v) is 10.4. The van der Waals surface area contributed by atoms with Crippen molar-refractivity contribution in [1.29, 1.82) is 0 Å². The highest BCUT2D eigenvalue weighted by atomic mass is 32.2. The first-order chi connectivity index (χ1) is 30.5. The van der Waals surface area contributed by atoms with Crippen LogP contribution >= 0.6 is 35.2 Å². The molecule has 1 aliphatic rings. The maximum Gasteiger partial charge on any atom is 0.481 e. The van der Waals surface area contributed by atoms with Gasteiger partial charge in [-0.1, -0.05) is 39.0 Å². The van der Waals surface area contributed by atoms with Crippen LogP contribution in [0.15, 0.2) is 43.1 Å². The first-order valence-corrected chi connectivity index (χ1v) is 25.7. The summed E-state index contributed by atoms with van der Waals surface area (Å²) in [5.74, 6) is -0.196. The van der Waals surface area contributed by atoms with Crippen molar-refractivity contribution in [3.05, 3.63) is 48.7 Å². The van der Waals surface area contributed by atoms with Gasteiger partial charge in [-0.15, -0.1) is 0 Å². The van der Waals surface area contributed by atoms with Crippen LogP contribution in [0.3, 0.4) is 0 Å². The molecule has 0 spiro atoms. The van der Waals surface area contributed by atoms with Gasteiger partial charge in [-0.25, -0.2) is 28.6 Å². The Labute approximate surface area is 376 Å². The number of benzene rings is 1. The van der Waals surface area contributed by atoms with Crippen LogP contribution in [0, 0.1) is 11.3 Å². The molecule has 5 rings (SSSR count). The van der Waals surface area contributed by atoms with Crippen LogP contribution in [-0.4, -0.2) is 134 Å². The number of aliphatic hydroxyl groups is 2. The summed E-state index contributed by atoms with van der Waals surface area (Å²) in [4.78, 5) is 92.1. The smallest absolute Gasteiger partial charge is 0.386 e. The number of hydrogen-bond donors (Lipinski definition) is 10. The number of nitrogen functional groups attached to an aromatic ring is 1. The van der Waals surface area contributed by atoms with Crippen molar-refractivity contribution in [2.24, 2.45) is 11.3 Å². The average molecular weight is 995 g/mol. The van der Waals surface area contributed by atoms with E-state index in [-0.39, 0.29) is 47.6 Å². The van der Waals surface area contributed by atoms with E-state index in [0.717, 1.165) is 41.0 Å². The molecule has 0 radical (unpaired) electrons. The van der Waals surface area contributed by atoms with Crippen molar-refractivity contribution in [2.45, 2.75) is 77.1 Å². The molecule has 0 bridgehead atoms. The number of hydrogen-bond acceptors (Lipinski definition) is 18. The second-order valence-corrected chi connectivity index (χ2v) is 21.1. The van der Waals surface area contributed by atoms with E-state index in [4.69, 9.17) is 19.5 Å². The van der Waals surface area contributed by atoms with Crippen molar-refractivity contribution in [3.8, 4) is 0 Å². The number of aromatic amines is 1. The summed E-state index contributed by atoms with van der Waals surface area (Å²) in [7, 11) is -16.4. The van der Waals surface area contributed by atoms with Crippen molar-refractivity contribution in [1.82, 2.24) is 35.1 Å². The number of nitrogens with two attached hydrogens (primary N) is 1. The van der Waals surface area contributed by atoms with Crippen molar-refractivity contribution < 1.29 is 80.5 Å². The number of aromatic nitrogens is 5. The molecule has 4 heterocycles. The molecule has 25 nitrogen and oxygen atoms in total. The number of aryl methyl sites for hydroxylation is 1. The van der Waals surface area contributed by atoms with Crippen LogP contribution in [0.1, 0.15) is 51.8 Å². The predicted octanol–water partition coefficient (Wildman–Crippen LogP) is 1.85. The third-order valence-electron chi connectivity index (χ3n) is 10.1. The Kier molecular flexibility index (Phi) is 18.0. The number of ketones is 1. The van der Waals surface area contributed by atoms with E-state index in [1.54, 1.807) is 0 Å². The average Bonchev–Trinajstić information content (AvgIpc) is 3.93. The Hall–Kier alpha value is -3.68. The van der Waals surface area contributed by atoms with E-state index in [1.807, 2.05) is 31.3 Å². The van der Waals surface area contributed by atoms with E-state index in [9.17, 15) is 57.9 Å². The minimum Gasteiger partial charge on any atom is -0.386 e. The molecular formula is C36H53N8O17P3S. The quantitative estimate of drug-likeness (QED) is 0.0317. The molecule has 65 heavy (non-hydrogen) atoms. The van der Waals surface area contributed by atoms with Crippen LogP contribution in [0.5, 0.6) is 0 Å². The van der Waals surface area contributed by atoms with Crippen LogP contribution in [-0.2, 0) is 57.1 Å². The fraction of sp³-hybridized carbons (Fsp3) is 0.556. The summed E-state index contributed by atoms with van der Waals surface area (Å²) in [5, 5.41) is 27.8. The maximum absolute atomic E-state index is 12.7. The predicted molar refractivity (Wildman–Crippen MR) is 232 cm³/mol. The minimum absolute atomic E-state index is 0.0313. The van der Waals surface area contributed by atoms with Gasteiger partial charge >= 0.3 is 23.5 Å². The van der Waals surface area contributed by atoms with E-state index < -0.39 is 78.6 Å². The zero-order valence-electron chi connectivity index (χ0n) is 35.4. The molecule has 1 saturated heterocycles. The number of carbonyl (C=O) groups excluding carboxylic acids is 3. The second-order valence-electron chi connectivity index (χ2n) is 15.7. The molecule has 29 heteroatoms. The molecule has 0 saturated carbocycles. The highest BCUT2D eigenvalue weighted by Crippen LogP contribution is 2.61. The number of amides is 2. The lowest BCUT2D eigenvalue weighted by molar-refractivity contribution is -0.137. The monoisotopic (exact) mass is 994 g/mol. The van der Waals surface area contributed by atoms with Crippen molar-refractivity contribution in [2.75, 3.05) is 43.5 Å². The van der Waals surface area contributed by atoms with E-state index in [0.29, 0.717) is 24.5 Å². The number of nitrogens with zero attached hydrogens (tertiary/aromatic N) is 4. The lowest BCUT2D eigenvalue weighted by atomic mass is 9.87. The molecule has 1 fully saturated rings. The number of H-pyrrole nitrogens is 1. The number of rotatable bonds is 26. The van der Waals surface area contributed by atoms with Gasteiger partial charge in [0, 0.05) is 65.9 Å². The van der Waals surface area contributed by atoms with Crippen LogP contribution < -0.4 is 16.4 Å². The molecule has 3 unspecified atom stereocenters. The number of thioether (sulfide) groups is 1. The number of phosphoric ester groups is 3. The normalized spacial score (nSPS) is 20.9. The van der Waals surface area contributed by atoms with Gasteiger partial charge in [-0.2, -0.15) is 16.1 Å². The lowest BCUT2D eigenvalue weighted by Gasteiger charge is -2.30. The van der Waals surface area contributed by atoms with E-state index >= 15 is 0 Å². The molecular weight excluding hydrogens is 941 g/mol. The number of imidazole rings is 1. The van der Waals surface area contributed by atoms with Crippen LogP contribution in [0.4, 0.5) is 5.82 Å². The molecule has 8 atom stereocenters. The SMILES string of the molecule is CC(CSCCNC(=O)CCNC(=O)[C@H](O)C(C)(C)COP(=O)(O)OP(=O)(O)OC[C@H]1O[C@@H](n2cnc3c(N)ncnc32)[C@H](O)[C@@H]1OP(=O)(O)O)C(=O)CCCc1c[nH]c2ccccc12. The number of nitrogens with one attached hydrogen (secondary N) is 3. The zero-order chi connectivity index (χ0) is 47.7. The Morgan fingerprint density at radius 2 is 1.75 bits per heavy atom. The summed E-state index contributed by atoms with van der Waals surface area (Å²) in [5.41, 5.74) is 6.53. The summed E-state index contributed by atoms with van der Waals surface area (Å²) in [6.07, 6.45) is -2.88. The van der Waals surface area contributed by atoms with E-state index in [1.165, 1.54) is 31.2 Å². The first-order valence-electron chi connectivity index (χ1n) is 20.0. The van der Waals surface area contributed by atoms with Gasteiger partial charge in [0.1, 0.15) is 42.0 Å². The fourth-order valence-electron chi connectivity index (χ4n) is 6.59. The van der Waals surface area contributed by atoms with E-state index in [2.05, 4.69) is 45.5 Å². The minimum atomic E-state index is -5.58. The molecule has 360 valence electrons. The van der Waals surface area contributed by atoms with Gasteiger partial charge in [-0.05, 0) is 24.5 Å². The second kappa shape index (κ2) is 22.4. The number of ether oxygens (including phenoxy) is 1. The van der Waals surface area contributed by atoms with Gasteiger partial charge in [-0.3, -0.25) is 32.5 Å². The number of phosphoric acid groups is 3. The topological polar surface area (TPSA) is 379 Å². The standard InChI is InChI=1S/C36H53N8O17P3S/c1-21(25(45)10-6-7-22-15-40-24-9-5-4-8-23(22)24)17-65-14-13-38-27(46)11-12-39-34(49)31(48)36(2,3)18-58-64(55,56)61-63(53,54)57-16-26-30(60-62(50,51)52)29(47)35(59-26)44-20-43-28-32(37)41-19-42-33(28)44/h4-5,8-9,15,19-21,26,29-31,35,40,47-48H,6-7,10-14,16-18H2,1-3H3,(H,38,46)(H,39,49)(H,53,54)(H,55,56)(H2,37,41,42)(H2,50,51,52)/t21?,26-,29-,30-,31+,35-/m1/s1. The summed E-state index contributed by atoms with van der Waals surface area (Å²) < 4.78 is 62.4. The highest BCUT2D eigenvalue weighted by Gasteiger charge is 2.50. The number of fused-ring (bicyclic) bond motifs is 2. The number of carbonyl (C=O) groups is 3. The van der Waals surface area contributed by atoms with Gasteiger partial charge in [0.15, 0.2) is 17.7 Å². The molecule has 4 aromatic rings. The van der Waals surface area contributed by atoms with Crippen molar-refractivity contribution in [3.63, 3.8) is 0 Å². The third kappa shape index (κ3) is 14.9. The third-order valence-corrected chi connectivity index (χ3v) is 14.4. The van der Waals surface area contributed by atoms with Gasteiger partial charge in [0.25, 0.3) is 0 Å². The number of anilines is 1. The lowest BCUT2D eigenvalue weighted by Crippen LogP contribution is -2.46. The summed E-state index contributed by atoms with van der Waals surface area (Å²) in [6.45, 7) is 2.55. The molecule has 3 aromatic heterocycles. The number of para-hydroxylation sites is 1. The van der Waals surface area contributed by atoms with Crippen LogP contribution in [0.25, 0.3) is 22.1 Å². The molecule has 2 amide bonds. The molecule has 11 N–H and O–H groups in total. The molecule has 0 aliphatic carbocycles. The summed E-state index contributed by atoms with van der Waals surface area (Å²) >= 11 is 1.53. The number of Topliss-reactive ketones (excluding diaryl/α,β-unsaturated/α-hetero) is 1. The Morgan fingerprint density at radius 3 is 2.49 bits per heavy atom. The van der Waals surface area contributed by atoms with Gasteiger partial charge in [0.2, 0.25) is 11.8 Å². The Morgan fingerprint density at radius 1 is 1.03 bits per heavy atom. The van der Waals surface area contributed by atoms with Gasteiger partial charge in [0.05, 0.1) is 19.5 Å². The molecule has 1 aliphatic heterocycles. The van der Waals surface area contributed by atoms with Crippen LogP contribution in [0.2, 0.25) is 0 Å². The highest BCUT2D eigenvalue weighted by molar-refractivity contribution is 7.99.